The second kappa shape index (κ2) is 7.95. The molecule has 4 nitrogen and oxygen atoms in total. The Morgan fingerprint density at radius 2 is 1.74 bits per heavy atom. The van der Waals surface area contributed by atoms with Crippen molar-refractivity contribution in [3.63, 3.8) is 0 Å². The third-order valence-electron chi connectivity index (χ3n) is 5.13. The van der Waals surface area contributed by atoms with Crippen molar-refractivity contribution >= 4 is 17.6 Å². The van der Waals surface area contributed by atoms with Crippen LogP contribution in [0.3, 0.4) is 0 Å². The van der Waals surface area contributed by atoms with Crippen LogP contribution in [0.5, 0.6) is 0 Å². The van der Waals surface area contributed by atoms with E-state index in [0.717, 1.165) is 16.8 Å². The number of ether oxygens (including phenoxy) is 1. The number of hydrogen-bond donors (Lipinski definition) is 0. The average Bonchev–Trinajstić information content (AvgIpc) is 2.67. The first kappa shape index (κ1) is 19.2. The van der Waals surface area contributed by atoms with Gasteiger partial charge in [0.25, 0.3) is 0 Å². The molecule has 1 aliphatic heterocycles. The van der Waals surface area contributed by atoms with Crippen LogP contribution < -0.4 is 4.90 Å². The summed E-state index contributed by atoms with van der Waals surface area (Å²) in [5, 5.41) is 0. The zero-order valence-electron chi connectivity index (χ0n) is 16.3. The SMILES string of the molecule is CCOC(=O)C1(Cc2ccccc2)Cc2ccccc2N(C(=O)C(C)C)C1. The fraction of sp³-hybridized carbons (Fsp3) is 0.391. The van der Waals surface area contributed by atoms with Gasteiger partial charge in [0.15, 0.2) is 0 Å². The van der Waals surface area contributed by atoms with Crippen molar-refractivity contribution in [3.8, 4) is 0 Å². The van der Waals surface area contributed by atoms with Crippen molar-refractivity contribution in [2.45, 2.75) is 33.6 Å². The summed E-state index contributed by atoms with van der Waals surface area (Å²) in [6.07, 6.45) is 1.11. The predicted octanol–water partition coefficient (Wildman–Crippen LogP) is 4.02. The van der Waals surface area contributed by atoms with Gasteiger partial charge in [-0.1, -0.05) is 62.4 Å². The maximum atomic E-state index is 13.1. The van der Waals surface area contributed by atoms with Crippen molar-refractivity contribution in [3.05, 3.63) is 65.7 Å². The Bertz CT molecular complexity index is 815. The van der Waals surface area contributed by atoms with Crippen molar-refractivity contribution in [2.24, 2.45) is 11.3 Å². The summed E-state index contributed by atoms with van der Waals surface area (Å²) >= 11 is 0. The lowest BCUT2D eigenvalue weighted by molar-refractivity contribution is -0.155. The van der Waals surface area contributed by atoms with Gasteiger partial charge >= 0.3 is 5.97 Å². The molecule has 3 rings (SSSR count). The van der Waals surface area contributed by atoms with Crippen molar-refractivity contribution in [2.75, 3.05) is 18.1 Å². The van der Waals surface area contributed by atoms with Crippen LogP contribution in [0.15, 0.2) is 54.6 Å². The van der Waals surface area contributed by atoms with Gasteiger partial charge in [-0.05, 0) is 37.0 Å². The normalized spacial score (nSPS) is 18.9. The van der Waals surface area contributed by atoms with Crippen LogP contribution in [-0.4, -0.2) is 25.0 Å². The monoisotopic (exact) mass is 365 g/mol. The minimum Gasteiger partial charge on any atom is -0.465 e. The van der Waals surface area contributed by atoms with Crippen LogP contribution in [0.25, 0.3) is 0 Å². The van der Waals surface area contributed by atoms with E-state index in [2.05, 4.69) is 0 Å². The summed E-state index contributed by atoms with van der Waals surface area (Å²) in [5.74, 6) is -0.346. The number of carbonyl (C=O) groups excluding carboxylic acids is 2. The van der Waals surface area contributed by atoms with Gasteiger partial charge in [0.05, 0.1) is 12.0 Å². The zero-order valence-corrected chi connectivity index (χ0v) is 16.3. The molecule has 142 valence electrons. The van der Waals surface area contributed by atoms with Gasteiger partial charge in [0.1, 0.15) is 0 Å². The summed E-state index contributed by atoms with van der Waals surface area (Å²) in [6.45, 7) is 6.28. The van der Waals surface area contributed by atoms with E-state index in [1.807, 2.05) is 75.4 Å². The molecule has 2 aromatic carbocycles. The van der Waals surface area contributed by atoms with Crippen LogP contribution in [0, 0.1) is 11.3 Å². The highest BCUT2D eigenvalue weighted by atomic mass is 16.5. The molecule has 2 aromatic rings. The van der Waals surface area contributed by atoms with E-state index >= 15 is 0 Å². The highest BCUT2D eigenvalue weighted by Crippen LogP contribution is 2.40. The summed E-state index contributed by atoms with van der Waals surface area (Å²) in [5.41, 5.74) is 2.21. The number of esters is 1. The van der Waals surface area contributed by atoms with Gasteiger partial charge in [-0.15, -0.1) is 0 Å². The molecule has 0 saturated heterocycles. The molecule has 0 radical (unpaired) electrons. The number of fused-ring (bicyclic) bond motifs is 1. The minimum atomic E-state index is -0.781. The highest BCUT2D eigenvalue weighted by molar-refractivity contribution is 5.97. The lowest BCUT2D eigenvalue weighted by Gasteiger charge is -2.42. The molecule has 1 atom stereocenters. The van der Waals surface area contributed by atoms with E-state index in [0.29, 0.717) is 26.0 Å². The molecule has 1 unspecified atom stereocenters. The minimum absolute atomic E-state index is 0.0314. The van der Waals surface area contributed by atoms with Gasteiger partial charge in [-0.3, -0.25) is 9.59 Å². The molecular weight excluding hydrogens is 338 g/mol. The van der Waals surface area contributed by atoms with E-state index in [9.17, 15) is 9.59 Å². The second-order valence-electron chi connectivity index (χ2n) is 7.55. The molecule has 0 saturated carbocycles. The Kier molecular flexibility index (Phi) is 5.64. The Balaban J connectivity index is 2.07. The Morgan fingerprint density at radius 1 is 1.07 bits per heavy atom. The number of anilines is 1. The van der Waals surface area contributed by atoms with E-state index in [1.165, 1.54) is 0 Å². The van der Waals surface area contributed by atoms with Crippen LogP contribution >= 0.6 is 0 Å². The van der Waals surface area contributed by atoms with Crippen LogP contribution in [-0.2, 0) is 27.2 Å². The molecule has 4 heteroatoms. The molecule has 27 heavy (non-hydrogen) atoms. The highest BCUT2D eigenvalue weighted by Gasteiger charge is 2.47. The predicted molar refractivity (Wildman–Crippen MR) is 107 cm³/mol. The van der Waals surface area contributed by atoms with E-state index in [4.69, 9.17) is 4.74 Å². The van der Waals surface area contributed by atoms with Crippen molar-refractivity contribution in [1.29, 1.82) is 0 Å². The summed E-state index contributed by atoms with van der Waals surface area (Å²) in [7, 11) is 0. The van der Waals surface area contributed by atoms with Crippen molar-refractivity contribution in [1.82, 2.24) is 0 Å². The van der Waals surface area contributed by atoms with Crippen molar-refractivity contribution < 1.29 is 14.3 Å². The van der Waals surface area contributed by atoms with E-state index in [1.54, 1.807) is 4.90 Å². The summed E-state index contributed by atoms with van der Waals surface area (Å²) in [6, 6.07) is 17.8. The average molecular weight is 365 g/mol. The topological polar surface area (TPSA) is 46.6 Å². The first-order chi connectivity index (χ1) is 13.0. The molecule has 0 fully saturated rings. The van der Waals surface area contributed by atoms with Gasteiger partial charge < -0.3 is 9.64 Å². The molecule has 0 aliphatic carbocycles. The quantitative estimate of drug-likeness (QED) is 0.752. The van der Waals surface area contributed by atoms with Gasteiger partial charge in [-0.25, -0.2) is 0 Å². The molecule has 1 amide bonds. The van der Waals surface area contributed by atoms with Gasteiger partial charge in [0, 0.05) is 18.2 Å². The smallest absolute Gasteiger partial charge is 0.314 e. The fourth-order valence-electron chi connectivity index (χ4n) is 3.84. The first-order valence-corrected chi connectivity index (χ1v) is 9.57. The van der Waals surface area contributed by atoms with Crippen LogP contribution in [0.4, 0.5) is 5.69 Å². The second-order valence-corrected chi connectivity index (χ2v) is 7.55. The number of benzene rings is 2. The largest absolute Gasteiger partial charge is 0.465 e. The molecule has 0 aromatic heterocycles. The third kappa shape index (κ3) is 3.90. The molecule has 0 bridgehead atoms. The third-order valence-corrected chi connectivity index (χ3v) is 5.13. The zero-order chi connectivity index (χ0) is 19.4. The Morgan fingerprint density at radius 3 is 2.41 bits per heavy atom. The van der Waals surface area contributed by atoms with Crippen LogP contribution in [0.2, 0.25) is 0 Å². The van der Waals surface area contributed by atoms with Gasteiger partial charge in [-0.2, -0.15) is 0 Å². The van der Waals surface area contributed by atoms with Gasteiger partial charge in [0.2, 0.25) is 5.91 Å². The van der Waals surface area contributed by atoms with E-state index in [-0.39, 0.29) is 17.8 Å². The molecule has 1 aliphatic rings. The Hall–Kier alpha value is -2.62. The fourth-order valence-corrected chi connectivity index (χ4v) is 3.84. The number of hydrogen-bond acceptors (Lipinski definition) is 3. The lowest BCUT2D eigenvalue weighted by Crippen LogP contribution is -2.53. The molecule has 1 heterocycles. The maximum absolute atomic E-state index is 13.1. The lowest BCUT2D eigenvalue weighted by atomic mass is 9.73. The number of nitrogens with zero attached hydrogens (tertiary/aromatic N) is 1. The van der Waals surface area contributed by atoms with Crippen LogP contribution in [0.1, 0.15) is 31.9 Å². The summed E-state index contributed by atoms with van der Waals surface area (Å²) < 4.78 is 5.48. The number of para-hydroxylation sites is 1. The number of amides is 1. The Labute approximate surface area is 161 Å². The number of carbonyl (C=O) groups is 2. The molecule has 0 spiro atoms. The standard InChI is InChI=1S/C23H27NO3/c1-4-27-22(26)23(14-18-10-6-5-7-11-18)15-19-12-8-9-13-20(19)24(16-23)21(25)17(2)3/h5-13,17H,4,14-16H2,1-3H3. The molecular formula is C23H27NO3. The maximum Gasteiger partial charge on any atom is 0.314 e. The summed E-state index contributed by atoms with van der Waals surface area (Å²) in [4.78, 5) is 27.8. The first-order valence-electron chi connectivity index (χ1n) is 9.57. The molecule has 0 N–H and O–H groups in total. The number of rotatable bonds is 5. The van der Waals surface area contributed by atoms with E-state index < -0.39 is 5.41 Å².